The van der Waals surface area contributed by atoms with Gasteiger partial charge < -0.3 is 10.2 Å². The van der Waals surface area contributed by atoms with E-state index < -0.39 is 0 Å². The highest BCUT2D eigenvalue weighted by molar-refractivity contribution is 5.81. The minimum Gasteiger partial charge on any atom is -0.347 e. The predicted octanol–water partition coefficient (Wildman–Crippen LogP) is 0.147. The van der Waals surface area contributed by atoms with Crippen molar-refractivity contribution in [3.8, 4) is 0 Å². The highest BCUT2D eigenvalue weighted by Gasteiger charge is 2.38. The van der Waals surface area contributed by atoms with Crippen molar-refractivity contribution < 1.29 is 4.79 Å². The largest absolute Gasteiger partial charge is 0.347 e. The van der Waals surface area contributed by atoms with Crippen LogP contribution < -0.4 is 5.32 Å². The first-order valence-corrected chi connectivity index (χ1v) is 6.29. The molecular formula is C12H23N3O. The van der Waals surface area contributed by atoms with Gasteiger partial charge in [0.05, 0.1) is 0 Å². The molecule has 1 saturated heterocycles. The molecule has 0 aromatic rings. The summed E-state index contributed by atoms with van der Waals surface area (Å²) in [7, 11) is 3.69. The van der Waals surface area contributed by atoms with E-state index in [-0.39, 0.29) is 11.9 Å². The summed E-state index contributed by atoms with van der Waals surface area (Å²) in [5.41, 5.74) is 0. The maximum Gasteiger partial charge on any atom is 0.240 e. The number of carbonyl (C=O) groups excluding carboxylic acids is 1. The van der Waals surface area contributed by atoms with E-state index in [4.69, 9.17) is 0 Å². The summed E-state index contributed by atoms with van der Waals surface area (Å²) < 4.78 is 0. The van der Waals surface area contributed by atoms with Gasteiger partial charge in [0.15, 0.2) is 0 Å². The van der Waals surface area contributed by atoms with Gasteiger partial charge in [-0.25, -0.2) is 0 Å². The van der Waals surface area contributed by atoms with Gasteiger partial charge in [-0.05, 0) is 25.7 Å². The number of piperazine rings is 1. The highest BCUT2D eigenvalue weighted by Crippen LogP contribution is 2.36. The van der Waals surface area contributed by atoms with Crippen LogP contribution in [-0.4, -0.2) is 61.5 Å². The fraction of sp³-hybridized carbons (Fsp3) is 0.917. The second-order valence-electron chi connectivity index (χ2n) is 5.27. The fourth-order valence-corrected chi connectivity index (χ4v) is 2.58. The van der Waals surface area contributed by atoms with Crippen LogP contribution in [-0.2, 0) is 4.79 Å². The second kappa shape index (κ2) is 4.72. The van der Waals surface area contributed by atoms with Gasteiger partial charge in [-0.3, -0.25) is 9.69 Å². The van der Waals surface area contributed by atoms with E-state index in [0.717, 1.165) is 25.6 Å². The fourth-order valence-electron chi connectivity index (χ4n) is 2.58. The quantitative estimate of drug-likeness (QED) is 0.742. The number of hydrogen-bond donors (Lipinski definition) is 1. The molecule has 0 aromatic heterocycles. The summed E-state index contributed by atoms with van der Waals surface area (Å²) in [5, 5.41) is 3.33. The van der Waals surface area contributed by atoms with Crippen LogP contribution in [0.3, 0.4) is 0 Å². The summed E-state index contributed by atoms with van der Waals surface area (Å²) in [6.45, 7) is 5.09. The third-order valence-corrected chi connectivity index (χ3v) is 3.84. The van der Waals surface area contributed by atoms with Crippen LogP contribution in [0, 0.1) is 5.92 Å². The standard InChI is InChI=1S/C12H23N3O/c1-9(10-4-5-10)15-7-6-13-8-11(15)12(16)14(2)3/h9-11,13H,4-8H2,1-3H3. The molecular weight excluding hydrogens is 202 g/mol. The maximum absolute atomic E-state index is 12.1. The Morgan fingerprint density at radius 1 is 1.44 bits per heavy atom. The van der Waals surface area contributed by atoms with E-state index in [2.05, 4.69) is 17.1 Å². The van der Waals surface area contributed by atoms with Crippen molar-refractivity contribution in [2.45, 2.75) is 31.8 Å². The molecule has 2 atom stereocenters. The third-order valence-electron chi connectivity index (χ3n) is 3.84. The van der Waals surface area contributed by atoms with Gasteiger partial charge >= 0.3 is 0 Å². The SMILES string of the molecule is CC(C1CC1)N1CCNCC1C(=O)N(C)C. The van der Waals surface area contributed by atoms with E-state index in [1.807, 2.05) is 14.1 Å². The first kappa shape index (κ1) is 11.9. The predicted molar refractivity (Wildman–Crippen MR) is 64.2 cm³/mol. The van der Waals surface area contributed by atoms with Crippen LogP contribution in [0.5, 0.6) is 0 Å². The van der Waals surface area contributed by atoms with Gasteiger partial charge in [-0.15, -0.1) is 0 Å². The average molecular weight is 225 g/mol. The molecule has 92 valence electrons. The van der Waals surface area contributed by atoms with Crippen LogP contribution in [0.25, 0.3) is 0 Å². The topological polar surface area (TPSA) is 35.6 Å². The van der Waals surface area contributed by atoms with Crippen molar-refractivity contribution in [3.63, 3.8) is 0 Å². The smallest absolute Gasteiger partial charge is 0.240 e. The first-order chi connectivity index (χ1) is 7.61. The molecule has 2 rings (SSSR count). The van der Waals surface area contributed by atoms with E-state index in [1.54, 1.807) is 4.90 Å². The highest BCUT2D eigenvalue weighted by atomic mass is 16.2. The Morgan fingerprint density at radius 2 is 2.12 bits per heavy atom. The zero-order valence-electron chi connectivity index (χ0n) is 10.6. The number of carbonyl (C=O) groups is 1. The third kappa shape index (κ3) is 2.38. The van der Waals surface area contributed by atoms with Crippen LogP contribution in [0.1, 0.15) is 19.8 Å². The molecule has 0 bridgehead atoms. The lowest BCUT2D eigenvalue weighted by Crippen LogP contribution is -2.60. The number of rotatable bonds is 3. The van der Waals surface area contributed by atoms with Crippen LogP contribution in [0.4, 0.5) is 0 Å². The summed E-state index contributed by atoms with van der Waals surface area (Å²) in [4.78, 5) is 16.2. The average Bonchev–Trinajstić information content (AvgIpc) is 3.11. The lowest BCUT2D eigenvalue weighted by atomic mass is 10.1. The van der Waals surface area contributed by atoms with Crippen LogP contribution in [0.2, 0.25) is 0 Å². The molecule has 1 saturated carbocycles. The van der Waals surface area contributed by atoms with Crippen molar-refractivity contribution in [1.82, 2.24) is 15.1 Å². The zero-order chi connectivity index (χ0) is 11.7. The van der Waals surface area contributed by atoms with Gasteiger partial charge in [0.25, 0.3) is 0 Å². The van der Waals surface area contributed by atoms with E-state index in [1.165, 1.54) is 12.8 Å². The Kier molecular flexibility index (Phi) is 3.50. The summed E-state index contributed by atoms with van der Waals surface area (Å²) in [6, 6.07) is 0.607. The Balaban J connectivity index is 2.03. The second-order valence-corrected chi connectivity index (χ2v) is 5.27. The summed E-state index contributed by atoms with van der Waals surface area (Å²) in [6.07, 6.45) is 2.68. The lowest BCUT2D eigenvalue weighted by Gasteiger charge is -2.40. The Hall–Kier alpha value is -0.610. The molecule has 4 nitrogen and oxygen atoms in total. The van der Waals surface area contributed by atoms with E-state index in [9.17, 15) is 4.79 Å². The van der Waals surface area contributed by atoms with Gasteiger partial charge in [0, 0.05) is 39.8 Å². The van der Waals surface area contributed by atoms with Crippen molar-refractivity contribution in [2.75, 3.05) is 33.7 Å². The molecule has 1 heterocycles. The molecule has 2 unspecified atom stereocenters. The number of nitrogens with one attached hydrogen (secondary N) is 1. The molecule has 0 spiro atoms. The van der Waals surface area contributed by atoms with Crippen LogP contribution >= 0.6 is 0 Å². The van der Waals surface area contributed by atoms with Crippen molar-refractivity contribution in [2.24, 2.45) is 5.92 Å². The zero-order valence-corrected chi connectivity index (χ0v) is 10.6. The molecule has 2 fully saturated rings. The molecule has 1 aliphatic heterocycles. The molecule has 0 aromatic carbocycles. The van der Waals surface area contributed by atoms with Crippen molar-refractivity contribution >= 4 is 5.91 Å². The maximum atomic E-state index is 12.1. The molecule has 2 aliphatic rings. The Morgan fingerprint density at radius 3 is 2.69 bits per heavy atom. The molecule has 16 heavy (non-hydrogen) atoms. The molecule has 1 aliphatic carbocycles. The van der Waals surface area contributed by atoms with Gasteiger partial charge in [-0.2, -0.15) is 0 Å². The van der Waals surface area contributed by atoms with E-state index >= 15 is 0 Å². The first-order valence-electron chi connectivity index (χ1n) is 6.29. The summed E-state index contributed by atoms with van der Waals surface area (Å²) >= 11 is 0. The van der Waals surface area contributed by atoms with Crippen LogP contribution in [0.15, 0.2) is 0 Å². The number of amides is 1. The lowest BCUT2D eigenvalue weighted by molar-refractivity contribution is -0.136. The Bertz CT molecular complexity index is 263. The van der Waals surface area contributed by atoms with Gasteiger partial charge in [-0.1, -0.05) is 0 Å². The minimum atomic E-state index is 0.0411. The van der Waals surface area contributed by atoms with Crippen molar-refractivity contribution in [1.29, 1.82) is 0 Å². The molecule has 1 N–H and O–H groups in total. The molecule has 1 amide bonds. The number of likely N-dealkylation sites (N-methyl/N-ethyl adjacent to an activating group) is 1. The summed E-state index contributed by atoms with van der Waals surface area (Å²) in [5.74, 6) is 1.07. The van der Waals surface area contributed by atoms with Gasteiger partial charge in [0.2, 0.25) is 5.91 Å². The molecule has 0 radical (unpaired) electrons. The monoisotopic (exact) mass is 225 g/mol. The Labute approximate surface area is 98.0 Å². The minimum absolute atomic E-state index is 0.0411. The normalized spacial score (nSPS) is 28.8. The number of hydrogen-bond acceptors (Lipinski definition) is 3. The van der Waals surface area contributed by atoms with E-state index in [0.29, 0.717) is 6.04 Å². The number of nitrogens with zero attached hydrogens (tertiary/aromatic N) is 2. The van der Waals surface area contributed by atoms with Crippen molar-refractivity contribution in [3.05, 3.63) is 0 Å². The van der Waals surface area contributed by atoms with Gasteiger partial charge in [0.1, 0.15) is 6.04 Å². The molecule has 4 heteroatoms.